The highest BCUT2D eigenvalue weighted by Crippen LogP contribution is 2.32. The molecule has 1 amide bonds. The number of para-hydroxylation sites is 1. The minimum Gasteiger partial charge on any atom is -0.335 e. The lowest BCUT2D eigenvalue weighted by molar-refractivity contribution is 0.0765. The van der Waals surface area contributed by atoms with Gasteiger partial charge in [-0.1, -0.05) is 50.0 Å². The van der Waals surface area contributed by atoms with E-state index in [0.29, 0.717) is 41.2 Å². The SMILES string of the molecule is CC(C)c1nc(C(=O)N2CCC(C)(CN)C2)nn1-c1c(Cl)cccc1Cl.Cl. The van der Waals surface area contributed by atoms with Gasteiger partial charge in [0.05, 0.1) is 10.0 Å². The summed E-state index contributed by atoms with van der Waals surface area (Å²) in [5.74, 6) is 0.658. The Morgan fingerprint density at radius 2 is 1.96 bits per heavy atom. The van der Waals surface area contributed by atoms with E-state index in [9.17, 15) is 4.79 Å². The van der Waals surface area contributed by atoms with Gasteiger partial charge in [0, 0.05) is 19.0 Å². The molecule has 1 saturated heterocycles. The molecule has 1 atom stereocenters. The maximum absolute atomic E-state index is 12.9. The minimum atomic E-state index is -0.189. The van der Waals surface area contributed by atoms with Gasteiger partial charge >= 0.3 is 0 Å². The molecule has 1 aromatic heterocycles. The first-order chi connectivity index (χ1) is 12.3. The topological polar surface area (TPSA) is 77.0 Å². The highest BCUT2D eigenvalue weighted by atomic mass is 35.5. The van der Waals surface area contributed by atoms with Gasteiger partial charge in [-0.25, -0.2) is 9.67 Å². The number of hydrogen-bond donors (Lipinski definition) is 1. The van der Waals surface area contributed by atoms with Crippen LogP contribution in [0.5, 0.6) is 0 Å². The molecule has 1 unspecified atom stereocenters. The van der Waals surface area contributed by atoms with Crippen molar-refractivity contribution in [2.75, 3.05) is 19.6 Å². The first-order valence-corrected chi connectivity index (χ1v) is 9.42. The number of carbonyl (C=O) groups is 1. The molecule has 0 aliphatic carbocycles. The van der Waals surface area contributed by atoms with E-state index in [2.05, 4.69) is 17.0 Å². The van der Waals surface area contributed by atoms with Crippen LogP contribution in [0.2, 0.25) is 10.0 Å². The predicted octanol–water partition coefficient (Wildman–Crippen LogP) is 3.93. The molecule has 3 rings (SSSR count). The lowest BCUT2D eigenvalue weighted by atomic mass is 9.90. The summed E-state index contributed by atoms with van der Waals surface area (Å²) >= 11 is 12.7. The largest absolute Gasteiger partial charge is 0.335 e. The molecule has 0 bridgehead atoms. The molecule has 0 radical (unpaired) electrons. The zero-order valence-electron chi connectivity index (χ0n) is 15.6. The number of likely N-dealkylation sites (tertiary alicyclic amines) is 1. The molecule has 27 heavy (non-hydrogen) atoms. The fourth-order valence-corrected chi connectivity index (χ4v) is 3.71. The van der Waals surface area contributed by atoms with Crippen molar-refractivity contribution in [3.05, 3.63) is 39.9 Å². The summed E-state index contributed by atoms with van der Waals surface area (Å²) in [6, 6.07) is 5.25. The maximum Gasteiger partial charge on any atom is 0.293 e. The van der Waals surface area contributed by atoms with Crippen LogP contribution in [0.1, 0.15) is 49.6 Å². The van der Waals surface area contributed by atoms with Crippen molar-refractivity contribution in [3.63, 3.8) is 0 Å². The van der Waals surface area contributed by atoms with Gasteiger partial charge < -0.3 is 10.6 Å². The summed E-state index contributed by atoms with van der Waals surface area (Å²) in [6.45, 7) is 7.88. The number of benzene rings is 1. The number of amides is 1. The number of halogens is 3. The zero-order chi connectivity index (χ0) is 19.1. The van der Waals surface area contributed by atoms with Gasteiger partial charge in [-0.2, -0.15) is 0 Å². The van der Waals surface area contributed by atoms with Crippen LogP contribution >= 0.6 is 35.6 Å². The predicted molar refractivity (Wildman–Crippen MR) is 110 cm³/mol. The van der Waals surface area contributed by atoms with Crippen LogP contribution in [0.4, 0.5) is 0 Å². The molecule has 0 spiro atoms. The number of nitrogens with zero attached hydrogens (tertiary/aromatic N) is 4. The summed E-state index contributed by atoms with van der Waals surface area (Å²) < 4.78 is 1.58. The molecular formula is C18H24Cl3N5O. The average molecular weight is 433 g/mol. The van der Waals surface area contributed by atoms with E-state index in [1.54, 1.807) is 27.8 Å². The Kier molecular flexibility index (Phi) is 6.79. The van der Waals surface area contributed by atoms with Gasteiger partial charge in [-0.3, -0.25) is 4.79 Å². The summed E-state index contributed by atoms with van der Waals surface area (Å²) in [7, 11) is 0. The molecule has 1 aromatic carbocycles. The van der Waals surface area contributed by atoms with Crippen molar-refractivity contribution in [3.8, 4) is 5.69 Å². The van der Waals surface area contributed by atoms with E-state index >= 15 is 0 Å². The Hall–Kier alpha value is -1.34. The Balaban J connectivity index is 0.00000261. The smallest absolute Gasteiger partial charge is 0.293 e. The van der Waals surface area contributed by atoms with Crippen LogP contribution in [0.3, 0.4) is 0 Å². The zero-order valence-corrected chi connectivity index (χ0v) is 17.9. The summed E-state index contributed by atoms with van der Waals surface area (Å²) in [6.07, 6.45) is 0.878. The van der Waals surface area contributed by atoms with E-state index in [-0.39, 0.29) is 35.5 Å². The second-order valence-electron chi connectivity index (χ2n) is 7.42. The summed E-state index contributed by atoms with van der Waals surface area (Å²) in [5, 5.41) is 5.37. The van der Waals surface area contributed by atoms with Crippen LogP contribution in [0, 0.1) is 5.41 Å². The normalized spacial score (nSPS) is 19.4. The van der Waals surface area contributed by atoms with Gasteiger partial charge in [-0.15, -0.1) is 17.5 Å². The van der Waals surface area contributed by atoms with Crippen molar-refractivity contribution in [1.29, 1.82) is 0 Å². The van der Waals surface area contributed by atoms with Crippen LogP contribution in [0.25, 0.3) is 5.69 Å². The first-order valence-electron chi connectivity index (χ1n) is 8.66. The molecule has 2 aromatic rings. The van der Waals surface area contributed by atoms with Crippen LogP contribution < -0.4 is 5.73 Å². The fraction of sp³-hybridized carbons (Fsp3) is 0.500. The number of carbonyl (C=O) groups excluding carboxylic acids is 1. The van der Waals surface area contributed by atoms with Crippen molar-refractivity contribution in [2.24, 2.45) is 11.1 Å². The van der Waals surface area contributed by atoms with E-state index in [0.717, 1.165) is 6.42 Å². The molecule has 2 heterocycles. The molecule has 1 aliphatic rings. The minimum absolute atomic E-state index is 0. The van der Waals surface area contributed by atoms with Gasteiger partial charge in [0.1, 0.15) is 11.5 Å². The lowest BCUT2D eigenvalue weighted by Gasteiger charge is -2.21. The van der Waals surface area contributed by atoms with Crippen LogP contribution in [-0.2, 0) is 0 Å². The third kappa shape index (κ3) is 4.24. The summed E-state index contributed by atoms with van der Waals surface area (Å²) in [4.78, 5) is 19.2. The molecule has 9 heteroatoms. The second-order valence-corrected chi connectivity index (χ2v) is 8.24. The van der Waals surface area contributed by atoms with Crippen LogP contribution in [0.15, 0.2) is 18.2 Å². The fourth-order valence-electron chi connectivity index (χ4n) is 3.15. The van der Waals surface area contributed by atoms with Crippen molar-refractivity contribution < 1.29 is 4.79 Å². The van der Waals surface area contributed by atoms with E-state index < -0.39 is 0 Å². The molecule has 6 nitrogen and oxygen atoms in total. The van der Waals surface area contributed by atoms with E-state index in [4.69, 9.17) is 28.9 Å². The standard InChI is InChI=1S/C18H23Cl2N5O.ClH/c1-11(2)16-22-15(17(26)24-8-7-18(3,9-21)10-24)23-25(16)14-12(19)5-4-6-13(14)20;/h4-6,11H,7-10,21H2,1-3H3;1H. The highest BCUT2D eigenvalue weighted by molar-refractivity contribution is 6.37. The number of nitrogens with two attached hydrogens (primary N) is 1. The Bertz CT molecular complexity index is 818. The first kappa shape index (κ1) is 22.0. The molecule has 0 saturated carbocycles. The average Bonchev–Trinajstić information content (AvgIpc) is 3.19. The monoisotopic (exact) mass is 431 g/mol. The number of aromatic nitrogens is 3. The number of hydrogen-bond acceptors (Lipinski definition) is 4. The Labute approximate surface area is 175 Å². The van der Waals surface area contributed by atoms with Crippen LogP contribution in [-0.4, -0.2) is 45.2 Å². The third-order valence-corrected chi connectivity index (χ3v) is 5.44. The van der Waals surface area contributed by atoms with Gasteiger partial charge in [-0.05, 0) is 30.5 Å². The second kappa shape index (κ2) is 8.35. The Morgan fingerprint density at radius 1 is 1.33 bits per heavy atom. The van der Waals surface area contributed by atoms with E-state index in [1.807, 2.05) is 13.8 Å². The number of rotatable bonds is 4. The molecule has 1 fully saturated rings. The summed E-state index contributed by atoms with van der Waals surface area (Å²) in [5.41, 5.74) is 6.33. The Morgan fingerprint density at radius 3 is 2.48 bits per heavy atom. The maximum atomic E-state index is 12.9. The molecular weight excluding hydrogens is 409 g/mol. The van der Waals surface area contributed by atoms with Crippen molar-refractivity contribution in [2.45, 2.75) is 33.1 Å². The molecule has 2 N–H and O–H groups in total. The quantitative estimate of drug-likeness (QED) is 0.794. The van der Waals surface area contributed by atoms with Gasteiger partial charge in [0.2, 0.25) is 5.82 Å². The molecule has 1 aliphatic heterocycles. The van der Waals surface area contributed by atoms with Gasteiger partial charge in [0.25, 0.3) is 5.91 Å². The molecule has 148 valence electrons. The van der Waals surface area contributed by atoms with Crippen molar-refractivity contribution in [1.82, 2.24) is 19.7 Å². The van der Waals surface area contributed by atoms with E-state index in [1.165, 1.54) is 0 Å². The van der Waals surface area contributed by atoms with Crippen molar-refractivity contribution >= 4 is 41.5 Å². The lowest BCUT2D eigenvalue weighted by Crippen LogP contribution is -2.35. The third-order valence-electron chi connectivity index (χ3n) is 4.83. The van der Waals surface area contributed by atoms with Gasteiger partial charge in [0.15, 0.2) is 0 Å². The highest BCUT2D eigenvalue weighted by Gasteiger charge is 2.37.